The van der Waals surface area contributed by atoms with Crippen LogP contribution in [0.3, 0.4) is 0 Å². The van der Waals surface area contributed by atoms with Gasteiger partial charge in [0.05, 0.1) is 13.2 Å². The molecule has 1 aliphatic heterocycles. The fraction of sp³-hybridized carbons (Fsp3) is 0.368. The lowest BCUT2D eigenvalue weighted by Crippen LogP contribution is -2.33. The molecule has 2 nitrogen and oxygen atoms in total. The molecular weight excluding hydrogens is 260 g/mol. The fourth-order valence-corrected chi connectivity index (χ4v) is 3.20. The molecular formula is C19H20O2. The van der Waals surface area contributed by atoms with Crippen molar-refractivity contribution in [2.75, 3.05) is 13.2 Å². The molecule has 0 saturated carbocycles. The predicted molar refractivity (Wildman–Crippen MR) is 83.1 cm³/mol. The average Bonchev–Trinajstić information content (AvgIpc) is 2.84. The SMILES string of the molecule is CC1(C)COC(c2ccc3c(c2)Cc2ccccc2-3)OC1. The maximum atomic E-state index is 5.89. The zero-order chi connectivity index (χ0) is 14.4. The molecule has 0 spiro atoms. The second-order valence-electron chi connectivity index (χ2n) is 6.87. The third-order valence-corrected chi connectivity index (χ3v) is 4.34. The molecule has 0 aromatic heterocycles. The molecule has 4 rings (SSSR count). The van der Waals surface area contributed by atoms with E-state index in [9.17, 15) is 0 Å². The molecule has 0 bridgehead atoms. The van der Waals surface area contributed by atoms with Crippen molar-refractivity contribution in [3.05, 3.63) is 59.2 Å². The third-order valence-electron chi connectivity index (χ3n) is 4.34. The third kappa shape index (κ3) is 2.29. The number of benzene rings is 2. The molecule has 0 atom stereocenters. The molecule has 2 heteroatoms. The van der Waals surface area contributed by atoms with Crippen LogP contribution < -0.4 is 0 Å². The Kier molecular flexibility index (Phi) is 2.91. The van der Waals surface area contributed by atoms with Crippen LogP contribution in [0, 0.1) is 5.41 Å². The minimum atomic E-state index is -0.216. The van der Waals surface area contributed by atoms with Crippen molar-refractivity contribution in [2.45, 2.75) is 26.6 Å². The largest absolute Gasteiger partial charge is 0.348 e. The molecule has 1 saturated heterocycles. The lowest BCUT2D eigenvalue weighted by atomic mass is 9.95. The highest BCUT2D eigenvalue weighted by Crippen LogP contribution is 2.39. The minimum Gasteiger partial charge on any atom is -0.348 e. The number of ether oxygens (including phenoxy) is 2. The van der Waals surface area contributed by atoms with Gasteiger partial charge in [-0.05, 0) is 34.7 Å². The zero-order valence-corrected chi connectivity index (χ0v) is 12.6. The number of fused-ring (bicyclic) bond motifs is 3. The van der Waals surface area contributed by atoms with Crippen molar-refractivity contribution in [2.24, 2.45) is 5.41 Å². The van der Waals surface area contributed by atoms with Gasteiger partial charge in [0.2, 0.25) is 0 Å². The summed E-state index contributed by atoms with van der Waals surface area (Å²) in [7, 11) is 0. The van der Waals surface area contributed by atoms with Crippen molar-refractivity contribution in [1.29, 1.82) is 0 Å². The van der Waals surface area contributed by atoms with Crippen LogP contribution in [0.1, 0.15) is 36.8 Å². The maximum Gasteiger partial charge on any atom is 0.183 e. The summed E-state index contributed by atoms with van der Waals surface area (Å²) in [6.07, 6.45) is 0.796. The topological polar surface area (TPSA) is 18.5 Å². The van der Waals surface area contributed by atoms with E-state index < -0.39 is 0 Å². The smallest absolute Gasteiger partial charge is 0.183 e. The Morgan fingerprint density at radius 3 is 2.43 bits per heavy atom. The van der Waals surface area contributed by atoms with E-state index in [1.165, 1.54) is 22.3 Å². The van der Waals surface area contributed by atoms with Gasteiger partial charge in [-0.25, -0.2) is 0 Å². The molecule has 2 aromatic rings. The number of rotatable bonds is 1. The maximum absolute atomic E-state index is 5.89. The summed E-state index contributed by atoms with van der Waals surface area (Å²) in [5.41, 5.74) is 6.76. The summed E-state index contributed by atoms with van der Waals surface area (Å²) in [6.45, 7) is 5.83. The van der Waals surface area contributed by atoms with Crippen molar-refractivity contribution in [1.82, 2.24) is 0 Å². The van der Waals surface area contributed by atoms with Crippen molar-refractivity contribution in [3.63, 3.8) is 0 Å². The van der Waals surface area contributed by atoms with E-state index in [4.69, 9.17) is 9.47 Å². The van der Waals surface area contributed by atoms with E-state index in [0.29, 0.717) is 0 Å². The standard InChI is InChI=1S/C19H20O2/c1-19(2)11-20-18(21-12-19)14-7-8-17-15(10-14)9-13-5-3-4-6-16(13)17/h3-8,10,18H,9,11-12H2,1-2H3. The Morgan fingerprint density at radius 2 is 1.62 bits per heavy atom. The van der Waals surface area contributed by atoms with Gasteiger partial charge in [-0.15, -0.1) is 0 Å². The van der Waals surface area contributed by atoms with Gasteiger partial charge in [0.25, 0.3) is 0 Å². The summed E-state index contributed by atoms with van der Waals surface area (Å²) < 4.78 is 11.8. The Bertz CT molecular complexity index is 678. The van der Waals surface area contributed by atoms with E-state index >= 15 is 0 Å². The monoisotopic (exact) mass is 280 g/mol. The zero-order valence-electron chi connectivity index (χ0n) is 12.6. The van der Waals surface area contributed by atoms with E-state index in [1.807, 2.05) is 0 Å². The van der Waals surface area contributed by atoms with Gasteiger partial charge in [0.15, 0.2) is 6.29 Å². The van der Waals surface area contributed by atoms with E-state index in [2.05, 4.69) is 56.3 Å². The lowest BCUT2D eigenvalue weighted by molar-refractivity contribution is -0.226. The van der Waals surface area contributed by atoms with Crippen LogP contribution in [-0.4, -0.2) is 13.2 Å². The number of hydrogen-bond acceptors (Lipinski definition) is 2. The molecule has 2 aromatic carbocycles. The molecule has 1 heterocycles. The van der Waals surface area contributed by atoms with Crippen LogP contribution >= 0.6 is 0 Å². The van der Waals surface area contributed by atoms with Gasteiger partial charge in [0.1, 0.15) is 0 Å². The first-order chi connectivity index (χ1) is 10.1. The van der Waals surface area contributed by atoms with Crippen molar-refractivity contribution >= 4 is 0 Å². The second kappa shape index (κ2) is 4.69. The van der Waals surface area contributed by atoms with Crippen LogP contribution in [0.2, 0.25) is 0 Å². The number of hydrogen-bond donors (Lipinski definition) is 0. The van der Waals surface area contributed by atoms with Crippen LogP contribution in [0.25, 0.3) is 11.1 Å². The Labute approximate surface area is 125 Å². The molecule has 1 aliphatic carbocycles. The van der Waals surface area contributed by atoms with E-state index in [-0.39, 0.29) is 11.7 Å². The summed E-state index contributed by atoms with van der Waals surface area (Å²) >= 11 is 0. The summed E-state index contributed by atoms with van der Waals surface area (Å²) in [5.74, 6) is 0. The Hall–Kier alpha value is -1.64. The molecule has 0 amide bonds. The van der Waals surface area contributed by atoms with Gasteiger partial charge in [-0.3, -0.25) is 0 Å². The highest BCUT2D eigenvalue weighted by Gasteiger charge is 2.30. The lowest BCUT2D eigenvalue weighted by Gasteiger charge is -2.34. The summed E-state index contributed by atoms with van der Waals surface area (Å²) in [4.78, 5) is 0. The first-order valence-electron chi connectivity index (χ1n) is 7.57. The molecule has 0 radical (unpaired) electrons. The predicted octanol–water partition coefficient (Wildman–Crippen LogP) is 4.33. The Balaban J connectivity index is 1.62. The van der Waals surface area contributed by atoms with Crippen molar-refractivity contribution in [3.8, 4) is 11.1 Å². The van der Waals surface area contributed by atoms with E-state index in [1.54, 1.807) is 0 Å². The van der Waals surface area contributed by atoms with Gasteiger partial charge in [-0.1, -0.05) is 50.2 Å². The van der Waals surface area contributed by atoms with Gasteiger partial charge < -0.3 is 9.47 Å². The molecule has 108 valence electrons. The molecule has 21 heavy (non-hydrogen) atoms. The summed E-state index contributed by atoms with van der Waals surface area (Å²) in [6, 6.07) is 15.2. The molecule has 1 fully saturated rings. The van der Waals surface area contributed by atoms with Crippen LogP contribution in [0.4, 0.5) is 0 Å². The summed E-state index contributed by atoms with van der Waals surface area (Å²) in [5, 5.41) is 0. The van der Waals surface area contributed by atoms with Crippen molar-refractivity contribution < 1.29 is 9.47 Å². The first kappa shape index (κ1) is 13.1. The van der Waals surface area contributed by atoms with E-state index in [0.717, 1.165) is 25.2 Å². The van der Waals surface area contributed by atoms with Gasteiger partial charge in [0, 0.05) is 11.0 Å². The van der Waals surface area contributed by atoms with Crippen LogP contribution in [0.5, 0.6) is 0 Å². The van der Waals surface area contributed by atoms with Crippen LogP contribution in [0.15, 0.2) is 42.5 Å². The minimum absolute atomic E-state index is 0.115. The quantitative estimate of drug-likeness (QED) is 0.660. The molecule has 0 N–H and O–H groups in total. The van der Waals surface area contributed by atoms with Gasteiger partial charge >= 0.3 is 0 Å². The Morgan fingerprint density at radius 1 is 0.905 bits per heavy atom. The normalized spacial score (nSPS) is 20.1. The second-order valence-corrected chi connectivity index (χ2v) is 6.87. The fourth-order valence-electron chi connectivity index (χ4n) is 3.20. The molecule has 0 unspecified atom stereocenters. The molecule has 2 aliphatic rings. The average molecular weight is 280 g/mol. The highest BCUT2D eigenvalue weighted by atomic mass is 16.7. The highest BCUT2D eigenvalue weighted by molar-refractivity contribution is 5.76. The van der Waals surface area contributed by atoms with Crippen LogP contribution in [-0.2, 0) is 15.9 Å². The first-order valence-corrected chi connectivity index (χ1v) is 7.57. The van der Waals surface area contributed by atoms with Gasteiger partial charge in [-0.2, -0.15) is 0 Å².